The van der Waals surface area contributed by atoms with Crippen LogP contribution in [0.1, 0.15) is 29.1 Å². The van der Waals surface area contributed by atoms with Crippen LogP contribution in [0.3, 0.4) is 0 Å². The van der Waals surface area contributed by atoms with Crippen LogP contribution in [0.5, 0.6) is 0 Å². The van der Waals surface area contributed by atoms with Crippen molar-refractivity contribution in [1.29, 1.82) is 0 Å². The molecular formula is C16H23Na2O4-. The van der Waals surface area contributed by atoms with Gasteiger partial charge in [0.15, 0.2) is 11.6 Å². The molecule has 0 saturated carbocycles. The number of hydrogen-bond donors (Lipinski definition) is 1. The molecule has 0 aromatic rings. The Morgan fingerprint density at radius 3 is 1.59 bits per heavy atom. The zero-order valence-electron chi connectivity index (χ0n) is 15.3. The summed E-state index contributed by atoms with van der Waals surface area (Å²) in [5.74, 6) is 0.275. The molecule has 0 fully saturated rings. The minimum atomic E-state index is -0.0202. The van der Waals surface area contributed by atoms with Crippen LogP contribution in [-0.4, -0.2) is 22.1 Å². The smallest absolute Gasteiger partial charge is 1.00 e. The van der Waals surface area contributed by atoms with E-state index >= 15 is 0 Å². The largest absolute Gasteiger partial charge is 1.00 e. The van der Waals surface area contributed by atoms with Gasteiger partial charge in [-0.15, -0.1) is 13.0 Å². The van der Waals surface area contributed by atoms with Gasteiger partial charge in [0.25, 0.3) is 0 Å². The summed E-state index contributed by atoms with van der Waals surface area (Å²) >= 11 is 0. The molecule has 4 nitrogen and oxygen atoms in total. The van der Waals surface area contributed by atoms with E-state index in [4.69, 9.17) is 5.11 Å². The minimum absolute atomic E-state index is 0. The molecule has 0 radical (unpaired) electrons. The molecule has 0 aromatic heterocycles. The second-order valence-corrected chi connectivity index (χ2v) is 3.59. The molecule has 0 aliphatic rings. The Morgan fingerprint density at radius 1 is 0.909 bits per heavy atom. The van der Waals surface area contributed by atoms with Crippen molar-refractivity contribution in [1.82, 2.24) is 0 Å². The summed E-state index contributed by atoms with van der Waals surface area (Å²) in [6.45, 7) is 6.36. The van der Waals surface area contributed by atoms with Crippen molar-refractivity contribution >= 4 is 11.6 Å². The number of aliphatic hydroxyl groups excluding tert-OH is 1. The number of allylic oxidation sites excluding steroid dienone is 10. The van der Waals surface area contributed by atoms with Crippen LogP contribution in [0.15, 0.2) is 54.4 Å². The topological polar surface area (TPSA) is 84.4 Å². The molecule has 22 heavy (non-hydrogen) atoms. The van der Waals surface area contributed by atoms with Gasteiger partial charge in [-0.25, -0.2) is 12.2 Å². The molecule has 0 heterocycles. The summed E-state index contributed by atoms with van der Waals surface area (Å²) in [4.78, 5) is 20.6. The molecule has 0 spiro atoms. The predicted molar refractivity (Wildman–Crippen MR) is 81.7 cm³/mol. The Kier molecular flexibility index (Phi) is 39.1. The van der Waals surface area contributed by atoms with E-state index in [-0.39, 0.29) is 77.6 Å². The molecule has 0 aliphatic heterocycles. The summed E-state index contributed by atoms with van der Waals surface area (Å²) in [6, 6.07) is 0. The Labute approximate surface area is 179 Å². The molecule has 114 valence electrons. The Bertz CT molecular complexity index is 400. The van der Waals surface area contributed by atoms with E-state index in [9.17, 15) is 9.59 Å². The molecule has 0 amide bonds. The molecule has 0 aromatic carbocycles. The van der Waals surface area contributed by atoms with Crippen molar-refractivity contribution in [3.05, 3.63) is 60.4 Å². The van der Waals surface area contributed by atoms with Crippen molar-refractivity contribution < 1.29 is 80.7 Å². The fraction of sp³-hybridized carbons (Fsp3) is 0.250. The Hall–Kier alpha value is -0.200. The molecule has 0 saturated heterocycles. The van der Waals surface area contributed by atoms with Crippen LogP contribution in [0.25, 0.3) is 0 Å². The molecular weight excluding hydrogens is 302 g/mol. The maximum absolute atomic E-state index is 10.3. The van der Waals surface area contributed by atoms with Crippen molar-refractivity contribution in [2.24, 2.45) is 0 Å². The second kappa shape index (κ2) is 25.7. The number of ketones is 2. The van der Waals surface area contributed by atoms with Gasteiger partial charge in [-0.1, -0.05) is 12.2 Å². The first-order valence-electron chi connectivity index (χ1n) is 5.79. The number of rotatable bonds is 5. The Balaban J connectivity index is -0.0000000537. The van der Waals surface area contributed by atoms with Crippen LogP contribution in [0.2, 0.25) is 0 Å². The molecule has 0 aliphatic carbocycles. The van der Waals surface area contributed by atoms with Gasteiger partial charge in [0.05, 0.1) is 5.76 Å². The maximum Gasteiger partial charge on any atom is 1.00 e. The van der Waals surface area contributed by atoms with E-state index in [0.717, 1.165) is 0 Å². The van der Waals surface area contributed by atoms with Gasteiger partial charge in [-0.2, -0.15) is 0 Å². The normalized spacial score (nSPS) is 10.6. The average molecular weight is 325 g/mol. The zero-order chi connectivity index (χ0) is 15.1. The SMILES string of the molecule is CC(=O)/C=C/C=C/C(C)=O.C[C-]=C/C=C/C=C(/C)O.[H-].[Na+].[Na+].[OH-]. The third-order valence-corrected chi connectivity index (χ3v) is 1.48. The average Bonchev–Trinajstić information content (AvgIpc) is 2.30. The maximum atomic E-state index is 10.3. The van der Waals surface area contributed by atoms with Crippen LogP contribution in [-0.2, 0) is 9.59 Å². The van der Waals surface area contributed by atoms with E-state index < -0.39 is 0 Å². The summed E-state index contributed by atoms with van der Waals surface area (Å²) in [5.41, 5.74) is 0. The van der Waals surface area contributed by atoms with Gasteiger partial charge < -0.3 is 12.0 Å². The number of carbonyl (C=O) groups excluding carboxylic acids is 2. The molecule has 6 heteroatoms. The van der Waals surface area contributed by atoms with Crippen LogP contribution >= 0.6 is 0 Å². The van der Waals surface area contributed by atoms with Crippen molar-refractivity contribution in [2.75, 3.05) is 0 Å². The van der Waals surface area contributed by atoms with Crippen LogP contribution in [0, 0.1) is 6.08 Å². The van der Waals surface area contributed by atoms with Crippen LogP contribution in [0.4, 0.5) is 0 Å². The molecule has 0 rings (SSSR count). The number of hydrogen-bond acceptors (Lipinski definition) is 4. The Morgan fingerprint density at radius 2 is 1.32 bits per heavy atom. The first-order chi connectivity index (χ1) is 8.90. The second-order valence-electron chi connectivity index (χ2n) is 3.59. The van der Waals surface area contributed by atoms with Crippen LogP contribution < -0.4 is 59.1 Å². The van der Waals surface area contributed by atoms with E-state index in [1.54, 1.807) is 43.4 Å². The number of aliphatic hydroxyl groups is 1. The minimum Gasteiger partial charge on any atom is -1.00 e. The van der Waals surface area contributed by atoms with Crippen molar-refractivity contribution in [3.63, 3.8) is 0 Å². The van der Waals surface area contributed by atoms with Crippen molar-refractivity contribution in [3.8, 4) is 0 Å². The van der Waals surface area contributed by atoms with Gasteiger partial charge in [0.1, 0.15) is 0 Å². The molecule has 2 N–H and O–H groups in total. The van der Waals surface area contributed by atoms with E-state index in [1.807, 2.05) is 6.92 Å². The third-order valence-electron chi connectivity index (χ3n) is 1.48. The van der Waals surface area contributed by atoms with Gasteiger partial charge in [-0.3, -0.25) is 15.7 Å². The first-order valence-corrected chi connectivity index (χ1v) is 5.79. The van der Waals surface area contributed by atoms with Gasteiger partial charge in [0.2, 0.25) is 0 Å². The standard InChI is InChI=1S/C8H10O2.C8H11O.2Na.H2O.H/c1-7(9)5-3-4-6-8(2)10;1-3-4-5-6-7-8(2)9;;;;/h3-6H,1-2H3;4-7,9H,1-2H3;;;1H2;/q;-1;2*+1;;-1/p-1/b5-3+,6-4+;6-5+,8-7-;;;;. The molecule has 0 unspecified atom stereocenters. The zero-order valence-corrected chi connectivity index (χ0v) is 18.3. The van der Waals surface area contributed by atoms with Crippen molar-refractivity contribution in [2.45, 2.75) is 27.7 Å². The number of carbonyl (C=O) groups is 2. The van der Waals surface area contributed by atoms with Gasteiger partial charge in [0, 0.05) is 0 Å². The predicted octanol–water partition coefficient (Wildman–Crippen LogP) is -2.40. The fourth-order valence-corrected chi connectivity index (χ4v) is 0.729. The van der Waals surface area contributed by atoms with E-state index in [0.29, 0.717) is 5.76 Å². The summed E-state index contributed by atoms with van der Waals surface area (Å²) in [5, 5.41) is 8.63. The summed E-state index contributed by atoms with van der Waals surface area (Å²) in [7, 11) is 0. The molecule has 0 bridgehead atoms. The van der Waals surface area contributed by atoms with E-state index in [2.05, 4.69) is 6.08 Å². The van der Waals surface area contributed by atoms with Gasteiger partial charge >= 0.3 is 59.1 Å². The first kappa shape index (κ1) is 33.4. The summed E-state index contributed by atoms with van der Waals surface area (Å²) < 4.78 is 0. The fourth-order valence-electron chi connectivity index (χ4n) is 0.729. The third kappa shape index (κ3) is 42.7. The summed E-state index contributed by atoms with van der Waals surface area (Å²) in [6.07, 6.45) is 15.7. The molecule has 0 atom stereocenters. The quantitative estimate of drug-likeness (QED) is 0.201. The van der Waals surface area contributed by atoms with Gasteiger partial charge in [-0.05, 0) is 39.0 Å². The monoisotopic (exact) mass is 325 g/mol. The van der Waals surface area contributed by atoms with E-state index in [1.165, 1.54) is 26.0 Å².